The van der Waals surface area contributed by atoms with Gasteiger partial charge in [-0.1, -0.05) is 12.1 Å². The summed E-state index contributed by atoms with van der Waals surface area (Å²) in [4.78, 5) is 25.3. The number of benzene rings is 1. The Morgan fingerprint density at radius 3 is 2.96 bits per heavy atom. The molecule has 2 heterocycles. The number of ether oxygens (including phenoxy) is 1. The number of amides is 1. The highest BCUT2D eigenvalue weighted by molar-refractivity contribution is 5.97. The maximum Gasteiger partial charge on any atom is 0.257 e. The van der Waals surface area contributed by atoms with E-state index in [1.165, 1.54) is 0 Å². The summed E-state index contributed by atoms with van der Waals surface area (Å²) in [6.07, 6.45) is 2.58. The molecule has 1 fully saturated rings. The Morgan fingerprint density at radius 1 is 1.40 bits per heavy atom. The third kappa shape index (κ3) is 3.88. The largest absolute Gasteiger partial charge is 0.496 e. The molecule has 25 heavy (non-hydrogen) atoms. The van der Waals surface area contributed by atoms with Crippen molar-refractivity contribution in [1.82, 2.24) is 19.8 Å². The highest BCUT2D eigenvalue weighted by Crippen LogP contribution is 2.23. The van der Waals surface area contributed by atoms with Crippen LogP contribution >= 0.6 is 0 Å². The number of methoxy groups -OCH3 is 1. The van der Waals surface area contributed by atoms with Gasteiger partial charge in [0.1, 0.15) is 17.4 Å². The topological polar surface area (TPSA) is 84.6 Å². The van der Waals surface area contributed by atoms with E-state index in [9.17, 15) is 4.79 Å². The van der Waals surface area contributed by atoms with Crippen molar-refractivity contribution in [2.45, 2.75) is 19.0 Å². The Hall–Kier alpha value is -2.67. The van der Waals surface area contributed by atoms with Crippen molar-refractivity contribution in [2.24, 2.45) is 0 Å². The lowest BCUT2D eigenvalue weighted by atomic mass is 10.2. The summed E-state index contributed by atoms with van der Waals surface area (Å²) in [5.74, 6) is 1.78. The maximum absolute atomic E-state index is 12.8. The lowest BCUT2D eigenvalue weighted by Gasteiger charge is -2.24. The number of aromatic nitrogens is 2. The van der Waals surface area contributed by atoms with Crippen molar-refractivity contribution in [3.63, 3.8) is 0 Å². The zero-order valence-corrected chi connectivity index (χ0v) is 14.6. The molecule has 2 N–H and O–H groups in total. The monoisotopic (exact) mass is 341 g/mol. The molecule has 1 amide bonds. The van der Waals surface area contributed by atoms with E-state index in [1.54, 1.807) is 25.4 Å². The van der Waals surface area contributed by atoms with Gasteiger partial charge in [0.25, 0.3) is 5.91 Å². The Bertz CT molecular complexity index is 752. The van der Waals surface area contributed by atoms with Crippen LogP contribution in [0.15, 0.2) is 36.5 Å². The number of carbonyl (C=O) groups is 1. The molecular formula is C18H23N5O2. The molecule has 0 spiro atoms. The van der Waals surface area contributed by atoms with Crippen molar-refractivity contribution in [2.75, 3.05) is 33.0 Å². The van der Waals surface area contributed by atoms with Gasteiger partial charge in [-0.05, 0) is 31.7 Å². The summed E-state index contributed by atoms with van der Waals surface area (Å²) in [6.45, 7) is 2.01. The summed E-state index contributed by atoms with van der Waals surface area (Å²) >= 11 is 0. The summed E-state index contributed by atoms with van der Waals surface area (Å²) < 4.78 is 5.30. The Kier molecular flexibility index (Phi) is 5.14. The molecule has 7 nitrogen and oxygen atoms in total. The third-order valence-electron chi connectivity index (χ3n) is 4.53. The van der Waals surface area contributed by atoms with Crippen LogP contribution in [0.5, 0.6) is 5.75 Å². The van der Waals surface area contributed by atoms with E-state index in [4.69, 9.17) is 10.5 Å². The molecule has 1 atom stereocenters. The second kappa shape index (κ2) is 7.48. The standard InChI is InChI=1S/C18H23N5O2/c1-22(12-17-20-9-7-16(19)21-17)13-8-10-23(11-13)18(24)14-5-3-4-6-15(14)25-2/h3-7,9,13H,8,10-12H2,1-2H3,(H2,19,20,21)/t13-/m0/s1. The molecule has 1 aliphatic rings. The molecule has 132 valence electrons. The molecular weight excluding hydrogens is 318 g/mol. The number of likely N-dealkylation sites (N-methyl/N-ethyl adjacent to an activating group) is 1. The lowest BCUT2D eigenvalue weighted by molar-refractivity contribution is 0.0776. The number of hydrogen-bond donors (Lipinski definition) is 1. The van der Waals surface area contributed by atoms with Crippen LogP contribution in [0, 0.1) is 0 Å². The number of nitrogen functional groups attached to an aromatic ring is 1. The fourth-order valence-corrected chi connectivity index (χ4v) is 3.12. The molecule has 0 unspecified atom stereocenters. The Balaban J connectivity index is 1.64. The molecule has 0 radical (unpaired) electrons. The summed E-state index contributed by atoms with van der Waals surface area (Å²) in [7, 11) is 3.60. The molecule has 1 saturated heterocycles. The number of para-hydroxylation sites is 1. The SMILES string of the molecule is COc1ccccc1C(=O)N1CC[C@H](N(C)Cc2nccc(N)n2)C1. The number of nitrogens with zero attached hydrogens (tertiary/aromatic N) is 4. The van der Waals surface area contributed by atoms with Gasteiger partial charge in [-0.15, -0.1) is 0 Å². The van der Waals surface area contributed by atoms with E-state index < -0.39 is 0 Å². The third-order valence-corrected chi connectivity index (χ3v) is 4.53. The van der Waals surface area contributed by atoms with Crippen LogP contribution in [0.2, 0.25) is 0 Å². The van der Waals surface area contributed by atoms with Gasteiger partial charge in [-0.2, -0.15) is 0 Å². The molecule has 3 rings (SSSR count). The summed E-state index contributed by atoms with van der Waals surface area (Å²) in [5.41, 5.74) is 6.31. The predicted molar refractivity (Wildman–Crippen MR) is 95.2 cm³/mol. The number of rotatable bonds is 5. The van der Waals surface area contributed by atoms with Crippen LogP contribution in [0.3, 0.4) is 0 Å². The lowest BCUT2D eigenvalue weighted by Crippen LogP contribution is -2.36. The minimum atomic E-state index is 0.00792. The smallest absolute Gasteiger partial charge is 0.257 e. The van der Waals surface area contributed by atoms with Crippen LogP contribution < -0.4 is 10.5 Å². The normalized spacial score (nSPS) is 17.1. The first-order valence-electron chi connectivity index (χ1n) is 8.28. The fraction of sp³-hybridized carbons (Fsp3) is 0.389. The number of nitrogens with two attached hydrogens (primary N) is 1. The van der Waals surface area contributed by atoms with Crippen LogP contribution in [-0.4, -0.2) is 59.0 Å². The van der Waals surface area contributed by atoms with Crippen molar-refractivity contribution < 1.29 is 9.53 Å². The van der Waals surface area contributed by atoms with Gasteiger partial charge in [0, 0.05) is 25.3 Å². The zero-order valence-electron chi connectivity index (χ0n) is 14.6. The molecule has 0 bridgehead atoms. The van der Waals surface area contributed by atoms with Crippen molar-refractivity contribution in [3.05, 3.63) is 47.9 Å². The zero-order chi connectivity index (χ0) is 17.8. The summed E-state index contributed by atoms with van der Waals surface area (Å²) in [5, 5.41) is 0. The molecule has 7 heteroatoms. The van der Waals surface area contributed by atoms with E-state index in [0.717, 1.165) is 13.0 Å². The number of carbonyl (C=O) groups excluding carboxylic acids is 1. The van der Waals surface area contributed by atoms with Gasteiger partial charge in [0.15, 0.2) is 0 Å². The molecule has 0 aliphatic carbocycles. The van der Waals surface area contributed by atoms with Crippen LogP contribution in [0.25, 0.3) is 0 Å². The van der Waals surface area contributed by atoms with Gasteiger partial charge >= 0.3 is 0 Å². The van der Waals surface area contributed by atoms with E-state index in [2.05, 4.69) is 14.9 Å². The first-order valence-corrected chi connectivity index (χ1v) is 8.28. The minimum absolute atomic E-state index is 0.00792. The number of anilines is 1. The van der Waals surface area contributed by atoms with E-state index in [0.29, 0.717) is 36.0 Å². The van der Waals surface area contributed by atoms with Crippen molar-refractivity contribution in [1.29, 1.82) is 0 Å². The van der Waals surface area contributed by atoms with Gasteiger partial charge in [0.2, 0.25) is 0 Å². The minimum Gasteiger partial charge on any atom is -0.496 e. The van der Waals surface area contributed by atoms with E-state index >= 15 is 0 Å². The average Bonchev–Trinajstić information content (AvgIpc) is 3.11. The molecule has 1 aliphatic heterocycles. The van der Waals surface area contributed by atoms with Gasteiger partial charge in [-0.3, -0.25) is 9.69 Å². The van der Waals surface area contributed by atoms with Crippen molar-refractivity contribution >= 4 is 11.7 Å². The highest BCUT2D eigenvalue weighted by atomic mass is 16.5. The second-order valence-electron chi connectivity index (χ2n) is 6.21. The first-order chi connectivity index (χ1) is 12.1. The van der Waals surface area contributed by atoms with Crippen molar-refractivity contribution in [3.8, 4) is 5.75 Å². The molecule has 2 aromatic rings. The van der Waals surface area contributed by atoms with Gasteiger partial charge in [-0.25, -0.2) is 9.97 Å². The molecule has 1 aromatic carbocycles. The highest BCUT2D eigenvalue weighted by Gasteiger charge is 2.30. The predicted octanol–water partition coefficient (Wildman–Crippen LogP) is 1.41. The molecule has 1 aromatic heterocycles. The Labute approximate surface area is 147 Å². The maximum atomic E-state index is 12.8. The van der Waals surface area contributed by atoms with E-state index in [-0.39, 0.29) is 11.9 Å². The van der Waals surface area contributed by atoms with Crippen LogP contribution in [0.4, 0.5) is 5.82 Å². The van der Waals surface area contributed by atoms with E-state index in [1.807, 2.05) is 30.1 Å². The summed E-state index contributed by atoms with van der Waals surface area (Å²) in [6, 6.07) is 9.27. The van der Waals surface area contributed by atoms with Gasteiger partial charge in [0.05, 0.1) is 19.2 Å². The number of hydrogen-bond acceptors (Lipinski definition) is 6. The van der Waals surface area contributed by atoms with Crippen LogP contribution in [0.1, 0.15) is 22.6 Å². The quantitative estimate of drug-likeness (QED) is 0.885. The number of likely N-dealkylation sites (tertiary alicyclic amines) is 1. The second-order valence-corrected chi connectivity index (χ2v) is 6.21. The average molecular weight is 341 g/mol. The van der Waals surface area contributed by atoms with Gasteiger partial charge < -0.3 is 15.4 Å². The Morgan fingerprint density at radius 2 is 2.20 bits per heavy atom. The molecule has 0 saturated carbocycles. The van der Waals surface area contributed by atoms with Crippen LogP contribution in [-0.2, 0) is 6.54 Å². The fourth-order valence-electron chi connectivity index (χ4n) is 3.12. The first kappa shape index (κ1) is 17.2.